The van der Waals surface area contributed by atoms with Crippen molar-refractivity contribution in [2.24, 2.45) is 0 Å². The van der Waals surface area contributed by atoms with Crippen LogP contribution in [0, 0.1) is 6.92 Å². The van der Waals surface area contributed by atoms with Crippen LogP contribution in [0.3, 0.4) is 0 Å². The Morgan fingerprint density at radius 1 is 0.177 bits per heavy atom. The minimum absolute atomic E-state index is 0.00171. The Morgan fingerprint density at radius 2 is 0.408 bits per heavy atom. The minimum atomic E-state index is -0.358. The van der Waals surface area contributed by atoms with Gasteiger partial charge in [-0.3, -0.25) is 0 Å². The average molecular weight is 1920 g/mol. The largest absolute Gasteiger partial charge is 0.309 e. The van der Waals surface area contributed by atoms with Crippen LogP contribution in [0.2, 0.25) is 0 Å². The van der Waals surface area contributed by atoms with E-state index < -0.39 is 0 Å². The second kappa shape index (κ2) is 39.1. The minimum Gasteiger partial charge on any atom is -0.309 e. The van der Waals surface area contributed by atoms with Gasteiger partial charge in [-0.2, -0.15) is 0 Å². The van der Waals surface area contributed by atoms with Gasteiger partial charge in [0.25, 0.3) is 0 Å². The molecule has 0 aliphatic rings. The van der Waals surface area contributed by atoms with Gasteiger partial charge < -0.3 is 18.3 Å². The van der Waals surface area contributed by atoms with Gasteiger partial charge in [0.05, 0.1) is 49.6 Å². The number of benzene rings is 19. The molecule has 0 aliphatic heterocycles. The van der Waals surface area contributed by atoms with Crippen LogP contribution >= 0.6 is 0 Å². The van der Waals surface area contributed by atoms with Gasteiger partial charge in [-0.15, -0.1) is 0 Å². The lowest BCUT2D eigenvalue weighted by Crippen LogP contribution is -2.22. The van der Waals surface area contributed by atoms with Gasteiger partial charge in [0, 0.05) is 65.8 Å². The number of hydrogen-bond acceptors (Lipinski definition) is 0. The molecule has 0 saturated carbocycles. The fourth-order valence-corrected chi connectivity index (χ4v) is 22.7. The number of fused-ring (bicyclic) bond motifs is 12. The summed E-state index contributed by atoms with van der Waals surface area (Å²) in [5.41, 5.74) is 40.1. The molecule has 147 heavy (non-hydrogen) atoms. The normalized spacial score (nSPS) is 12.7. The van der Waals surface area contributed by atoms with E-state index in [0.29, 0.717) is 11.1 Å². The zero-order chi connectivity index (χ0) is 106. The molecule has 0 amide bonds. The summed E-state index contributed by atoms with van der Waals surface area (Å²) in [4.78, 5) is 0. The maximum Gasteiger partial charge on any atom is 0.0632 e. The summed E-state index contributed by atoms with van der Waals surface area (Å²) in [5.74, 6) is 0. The van der Waals surface area contributed by atoms with Gasteiger partial charge in [0.15, 0.2) is 0 Å². The Morgan fingerprint density at radius 3 is 0.667 bits per heavy atom. The first kappa shape index (κ1) is 93.7. The van der Waals surface area contributed by atoms with E-state index in [9.17, 15) is 0 Å². The van der Waals surface area contributed by atoms with Crippen LogP contribution in [0.5, 0.6) is 0 Å². The van der Waals surface area contributed by atoms with Crippen molar-refractivity contribution in [1.82, 2.24) is 18.3 Å². The highest BCUT2D eigenvalue weighted by Crippen LogP contribution is 2.54. The first-order valence-corrected chi connectivity index (χ1v) is 52.2. The Bertz CT molecular complexity index is 8980. The summed E-state index contributed by atoms with van der Waals surface area (Å²) >= 11 is 0. The second-order valence-electron chi connectivity index (χ2n) is 46.9. The molecule has 0 fully saturated rings. The standard InChI is InChI=1S/C42H45N.C35H31N.C34H29N.C32H33N/c1-40(2,3)30-25-29(26-31(27-30)41(4,5)6)34-23-24-36-38(39(34)42(7,8)9)37-33(28-17-12-10-13-18-28)21-16-22-35(37)43(36)32-19-14-11-15-20-32;1-24-13-11-16-26(23-24)29-21-22-31-33(34(29)35(2,3)4)32-28(25-14-7-5-8-15-25)19-12-20-30(32)36(31)27-17-9-6-10-18-27;1-34(2,3)33-28(25-16-9-5-10-17-25)22-23-30-32(33)31-27(24-14-7-4-8-15-24)20-13-21-29(31)35(30)26-18-11-6-12-19-26;1-31(2,3)25-20-21-27-29(30(25)32(4,5)6)28-24(22-14-9-7-10-15-22)18-13-19-26(28)33(27)23-16-11-8-12-17-23/h10-27H,1-9H3;5-23H,1-4H3;4-23H,1-3H3;7-21H,1-6H3/i;11D,13D,16D,23D;;. The summed E-state index contributed by atoms with van der Waals surface area (Å²) in [7, 11) is 0. The molecule has 23 aromatic rings. The van der Waals surface area contributed by atoms with E-state index in [4.69, 9.17) is 5.48 Å². The van der Waals surface area contributed by atoms with Crippen molar-refractivity contribution in [3.63, 3.8) is 0 Å². The molecule has 0 N–H and O–H groups in total. The second-order valence-corrected chi connectivity index (χ2v) is 46.9. The van der Waals surface area contributed by atoms with Crippen molar-refractivity contribution in [3.05, 3.63) is 481 Å². The smallest absolute Gasteiger partial charge is 0.0632 e. The highest BCUT2D eigenvalue weighted by atomic mass is 15.0. The van der Waals surface area contributed by atoms with Gasteiger partial charge in [-0.05, 0) is 259 Å². The topological polar surface area (TPSA) is 19.7 Å². The molecule has 19 aromatic carbocycles. The molecule has 0 saturated heterocycles. The zero-order valence-corrected chi connectivity index (χ0v) is 89.5. The molecule has 4 heteroatoms. The molecule has 0 unspecified atom stereocenters. The van der Waals surface area contributed by atoms with Gasteiger partial charge in [0.1, 0.15) is 0 Å². The Kier molecular flexibility index (Phi) is 24.9. The lowest BCUT2D eigenvalue weighted by Gasteiger charge is -2.31. The van der Waals surface area contributed by atoms with Crippen molar-refractivity contribution >= 4 is 87.2 Å². The van der Waals surface area contributed by atoms with Gasteiger partial charge in [-0.25, -0.2) is 0 Å². The lowest BCUT2D eigenvalue weighted by molar-refractivity contribution is 0.535. The van der Waals surface area contributed by atoms with Crippen LogP contribution in [-0.4, -0.2) is 18.3 Å². The fraction of sp³-hybridized carbons (Fsp3) is 0.203. The van der Waals surface area contributed by atoms with Crippen molar-refractivity contribution < 1.29 is 5.48 Å². The third-order valence-electron chi connectivity index (χ3n) is 29.1. The number of hydrogen-bond donors (Lipinski definition) is 0. The molecular weight excluding hydrogens is 1770 g/mol. The number of nitrogens with zero attached hydrogens (tertiary/aromatic N) is 4. The molecule has 0 spiro atoms. The van der Waals surface area contributed by atoms with E-state index in [0.717, 1.165) is 49.7 Å². The summed E-state index contributed by atoms with van der Waals surface area (Å²) in [6.07, 6.45) is 0. The van der Waals surface area contributed by atoms with Gasteiger partial charge in [-0.1, -0.05) is 491 Å². The number of para-hydroxylation sites is 4. The van der Waals surface area contributed by atoms with Crippen LogP contribution in [0.1, 0.15) is 195 Å². The molecule has 4 nitrogen and oxygen atoms in total. The summed E-state index contributed by atoms with van der Waals surface area (Å²) in [5, 5.41) is 10.3. The summed E-state index contributed by atoms with van der Waals surface area (Å²) < 4.78 is 44.3. The molecule has 4 heterocycles. The van der Waals surface area contributed by atoms with E-state index in [1.165, 1.54) is 171 Å². The van der Waals surface area contributed by atoms with E-state index >= 15 is 0 Å². The lowest BCUT2D eigenvalue weighted by atomic mass is 9.73. The quantitative estimate of drug-likeness (QED) is 0.123. The molecule has 0 bridgehead atoms. The maximum atomic E-state index is 8.97. The third kappa shape index (κ3) is 19.0. The van der Waals surface area contributed by atoms with E-state index in [1.54, 1.807) is 6.92 Å². The maximum absolute atomic E-state index is 8.97. The van der Waals surface area contributed by atoms with Crippen LogP contribution < -0.4 is 0 Å². The molecule has 0 aliphatic carbocycles. The monoisotopic (exact) mass is 1920 g/mol. The third-order valence-corrected chi connectivity index (χ3v) is 29.1. The molecule has 23 rings (SSSR count). The highest BCUT2D eigenvalue weighted by molar-refractivity contribution is 6.23. The summed E-state index contributed by atoms with van der Waals surface area (Å²) in [6.45, 7) is 50.4. The predicted molar refractivity (Wildman–Crippen MR) is 637 cm³/mol. The van der Waals surface area contributed by atoms with Crippen LogP contribution in [0.4, 0.5) is 0 Å². The van der Waals surface area contributed by atoms with Crippen molar-refractivity contribution in [3.8, 4) is 101 Å². The Labute approximate surface area is 877 Å². The van der Waals surface area contributed by atoms with Crippen LogP contribution in [-0.2, 0) is 37.9 Å². The van der Waals surface area contributed by atoms with Gasteiger partial charge >= 0.3 is 0 Å². The van der Waals surface area contributed by atoms with Crippen molar-refractivity contribution in [2.45, 2.75) is 190 Å². The summed E-state index contributed by atoms with van der Waals surface area (Å²) in [6, 6.07) is 148. The van der Waals surface area contributed by atoms with E-state index in [2.05, 4.69) is 546 Å². The fourth-order valence-electron chi connectivity index (χ4n) is 22.7. The number of rotatable bonds is 11. The Balaban J connectivity index is 0.000000122. The number of aromatic nitrogens is 4. The van der Waals surface area contributed by atoms with Crippen LogP contribution in [0.15, 0.2) is 437 Å². The predicted octanol–water partition coefficient (Wildman–Crippen LogP) is 40.2. The van der Waals surface area contributed by atoms with Gasteiger partial charge in [0.2, 0.25) is 0 Å². The first-order chi connectivity index (χ1) is 72.1. The SMILES string of the molecule is CC(C)(C)c1c(-c2ccccc2)ccc2c1c1c(-c3ccccc3)cccc1n2-c1ccccc1.CC(C)(C)c1cc(-c2ccc3c(c2C(C)(C)C)c2c(-c4ccccc4)cccc2n3-c2ccccc2)cc(C(C)(C)C)c1.CC(C)(C)c1ccc2c(c1C(C)(C)C)c1c(-c3ccccc3)cccc1n2-c1ccccc1.[2H]c1c([2H])c(C)c([2H])c(-c2ccc3c(c2C(C)(C)C)c2c(-c4ccccc4)cccc2n3-c2ccccc2)c1[2H]. The average Bonchev–Trinajstić information content (AvgIpc) is 1.57. The molecule has 0 radical (unpaired) electrons. The Hall–Kier alpha value is -15.6. The molecule has 0 atom stereocenters. The molecular formula is C143H138N4. The highest BCUT2D eigenvalue weighted by Gasteiger charge is 2.36. The first-order valence-electron chi connectivity index (χ1n) is 54.2. The van der Waals surface area contributed by atoms with Crippen molar-refractivity contribution in [1.29, 1.82) is 0 Å². The molecule has 730 valence electrons. The zero-order valence-electron chi connectivity index (χ0n) is 93.5. The van der Waals surface area contributed by atoms with E-state index in [1.807, 2.05) is 30.3 Å². The van der Waals surface area contributed by atoms with Crippen molar-refractivity contribution in [2.75, 3.05) is 0 Å². The van der Waals surface area contributed by atoms with Crippen LogP contribution in [0.25, 0.3) is 188 Å². The van der Waals surface area contributed by atoms with E-state index in [-0.39, 0.29) is 62.1 Å². The molecule has 4 aromatic heterocycles.